The minimum atomic E-state index is -0.630. The summed E-state index contributed by atoms with van der Waals surface area (Å²) in [6.45, 7) is 2.99. The molecule has 3 heterocycles. The number of amides is 2. The van der Waals surface area contributed by atoms with Gasteiger partial charge in [-0.3, -0.25) is 9.59 Å². The zero-order chi connectivity index (χ0) is 21.8. The normalized spacial score (nSPS) is 18.8. The lowest BCUT2D eigenvalue weighted by Crippen LogP contribution is -2.49. The van der Waals surface area contributed by atoms with E-state index in [0.717, 1.165) is 25.5 Å². The standard InChI is InChI=1S/C22H24ClFN4O3/c23-15-5-6-17(19(24)13-15)22(30)28-10-8-27(9-11-28)20-18(4-1-7-25-20)21(29)26-14-16-3-2-12-31-16/h1,4-7,13,16H,2-3,8-12,14H2,(H,26,29)/t16-/m1/s1. The highest BCUT2D eigenvalue weighted by Crippen LogP contribution is 2.21. The number of hydrogen-bond acceptors (Lipinski definition) is 5. The zero-order valence-corrected chi connectivity index (χ0v) is 17.8. The Morgan fingerprint density at radius 3 is 2.71 bits per heavy atom. The van der Waals surface area contributed by atoms with Crippen molar-refractivity contribution in [2.75, 3.05) is 44.2 Å². The lowest BCUT2D eigenvalue weighted by atomic mass is 10.1. The first-order valence-corrected chi connectivity index (χ1v) is 10.7. The summed E-state index contributed by atoms with van der Waals surface area (Å²) >= 11 is 5.78. The predicted molar refractivity (Wildman–Crippen MR) is 115 cm³/mol. The van der Waals surface area contributed by atoms with Gasteiger partial charge in [-0.25, -0.2) is 9.37 Å². The van der Waals surface area contributed by atoms with Crippen molar-refractivity contribution >= 4 is 29.2 Å². The maximum atomic E-state index is 14.1. The minimum absolute atomic E-state index is 0.00452. The Balaban J connectivity index is 1.39. The Bertz CT molecular complexity index is 960. The van der Waals surface area contributed by atoms with Crippen LogP contribution in [0.2, 0.25) is 5.02 Å². The second kappa shape index (κ2) is 9.62. The van der Waals surface area contributed by atoms with E-state index in [9.17, 15) is 14.0 Å². The molecule has 0 spiro atoms. The first kappa shape index (κ1) is 21.5. The van der Waals surface area contributed by atoms with Gasteiger partial charge in [0.25, 0.3) is 11.8 Å². The summed E-state index contributed by atoms with van der Waals surface area (Å²) in [4.78, 5) is 33.4. The van der Waals surface area contributed by atoms with E-state index in [1.807, 2.05) is 4.90 Å². The smallest absolute Gasteiger partial charge is 0.256 e. The topological polar surface area (TPSA) is 74.8 Å². The van der Waals surface area contributed by atoms with E-state index >= 15 is 0 Å². The lowest BCUT2D eigenvalue weighted by molar-refractivity contribution is 0.0740. The number of carbonyl (C=O) groups excluding carboxylic acids is 2. The minimum Gasteiger partial charge on any atom is -0.376 e. The van der Waals surface area contributed by atoms with Crippen molar-refractivity contribution in [3.63, 3.8) is 0 Å². The maximum Gasteiger partial charge on any atom is 0.256 e. The highest BCUT2D eigenvalue weighted by Gasteiger charge is 2.27. The number of hydrogen-bond donors (Lipinski definition) is 1. The summed E-state index contributed by atoms with van der Waals surface area (Å²) in [5.41, 5.74) is 0.494. The molecule has 1 aromatic heterocycles. The highest BCUT2D eigenvalue weighted by molar-refractivity contribution is 6.30. The van der Waals surface area contributed by atoms with Crippen molar-refractivity contribution in [2.24, 2.45) is 0 Å². The van der Waals surface area contributed by atoms with Gasteiger partial charge in [-0.05, 0) is 43.2 Å². The van der Waals surface area contributed by atoms with Gasteiger partial charge in [-0.1, -0.05) is 11.6 Å². The fourth-order valence-electron chi connectivity index (χ4n) is 3.89. The van der Waals surface area contributed by atoms with Crippen LogP contribution in [0, 0.1) is 5.82 Å². The average Bonchev–Trinajstić information content (AvgIpc) is 3.31. The van der Waals surface area contributed by atoms with Gasteiger partial charge >= 0.3 is 0 Å². The Hall–Kier alpha value is -2.71. The summed E-state index contributed by atoms with van der Waals surface area (Å²) in [7, 11) is 0. The number of pyridine rings is 1. The number of anilines is 1. The second-order valence-corrected chi connectivity index (χ2v) is 8.06. The molecule has 2 saturated heterocycles. The molecule has 7 nitrogen and oxygen atoms in total. The number of nitrogens with one attached hydrogen (secondary N) is 1. The summed E-state index contributed by atoms with van der Waals surface area (Å²) in [5.74, 6) is -0.614. The van der Waals surface area contributed by atoms with Gasteiger partial charge in [-0.2, -0.15) is 0 Å². The van der Waals surface area contributed by atoms with Crippen LogP contribution in [0.5, 0.6) is 0 Å². The molecule has 0 bridgehead atoms. The number of rotatable bonds is 5. The van der Waals surface area contributed by atoms with Gasteiger partial charge in [0.1, 0.15) is 11.6 Å². The average molecular weight is 447 g/mol. The number of ether oxygens (including phenoxy) is 1. The monoisotopic (exact) mass is 446 g/mol. The number of aromatic nitrogens is 1. The molecule has 4 rings (SSSR count). The molecule has 0 saturated carbocycles. The first-order valence-electron chi connectivity index (χ1n) is 10.4. The maximum absolute atomic E-state index is 14.1. The third-order valence-electron chi connectivity index (χ3n) is 5.57. The van der Waals surface area contributed by atoms with E-state index in [4.69, 9.17) is 16.3 Å². The van der Waals surface area contributed by atoms with Crippen LogP contribution >= 0.6 is 11.6 Å². The van der Waals surface area contributed by atoms with E-state index in [2.05, 4.69) is 10.3 Å². The van der Waals surface area contributed by atoms with Crippen molar-refractivity contribution in [3.8, 4) is 0 Å². The molecule has 0 radical (unpaired) electrons. The molecular formula is C22H24ClFN4O3. The van der Waals surface area contributed by atoms with Crippen LogP contribution in [0.15, 0.2) is 36.5 Å². The fraction of sp³-hybridized carbons (Fsp3) is 0.409. The molecule has 31 heavy (non-hydrogen) atoms. The zero-order valence-electron chi connectivity index (χ0n) is 17.0. The molecule has 1 N–H and O–H groups in total. The number of carbonyl (C=O) groups is 2. The molecular weight excluding hydrogens is 423 g/mol. The van der Waals surface area contributed by atoms with Crippen LogP contribution in [0.3, 0.4) is 0 Å². The highest BCUT2D eigenvalue weighted by atomic mass is 35.5. The molecule has 9 heteroatoms. The molecule has 164 valence electrons. The van der Waals surface area contributed by atoms with Crippen LogP contribution in [0.25, 0.3) is 0 Å². The van der Waals surface area contributed by atoms with E-state index in [1.54, 1.807) is 23.2 Å². The fourth-order valence-corrected chi connectivity index (χ4v) is 4.05. The van der Waals surface area contributed by atoms with Gasteiger partial charge in [0, 0.05) is 50.6 Å². The molecule has 0 unspecified atom stereocenters. The van der Waals surface area contributed by atoms with E-state index in [-0.39, 0.29) is 28.5 Å². The molecule has 1 aromatic carbocycles. The lowest BCUT2D eigenvalue weighted by Gasteiger charge is -2.36. The number of nitrogens with zero attached hydrogens (tertiary/aromatic N) is 3. The summed E-state index contributed by atoms with van der Waals surface area (Å²) < 4.78 is 19.7. The summed E-state index contributed by atoms with van der Waals surface area (Å²) in [6.07, 6.45) is 3.67. The number of piperazine rings is 1. The molecule has 2 aliphatic heterocycles. The van der Waals surface area contributed by atoms with Crippen molar-refractivity contribution < 1.29 is 18.7 Å². The molecule has 2 aliphatic rings. The van der Waals surface area contributed by atoms with E-state index < -0.39 is 5.82 Å². The van der Waals surface area contributed by atoms with E-state index in [1.165, 1.54) is 12.1 Å². The predicted octanol–water partition coefficient (Wildman–Crippen LogP) is 2.75. The SMILES string of the molecule is O=C(NC[C@H]1CCCO1)c1cccnc1N1CCN(C(=O)c2ccc(Cl)cc2F)CC1. The third kappa shape index (κ3) is 4.97. The van der Waals surface area contributed by atoms with Gasteiger partial charge in [0.2, 0.25) is 0 Å². The molecule has 2 fully saturated rings. The number of benzene rings is 1. The largest absolute Gasteiger partial charge is 0.376 e. The summed E-state index contributed by atoms with van der Waals surface area (Å²) in [5, 5.41) is 3.18. The Kier molecular flexibility index (Phi) is 6.67. The van der Waals surface area contributed by atoms with Crippen molar-refractivity contribution in [1.29, 1.82) is 0 Å². The second-order valence-electron chi connectivity index (χ2n) is 7.62. The van der Waals surface area contributed by atoms with Crippen molar-refractivity contribution in [1.82, 2.24) is 15.2 Å². The molecule has 2 aromatic rings. The molecule has 1 atom stereocenters. The van der Waals surface area contributed by atoms with Gasteiger partial charge in [0.15, 0.2) is 0 Å². The number of halogens is 2. The van der Waals surface area contributed by atoms with Crippen LogP contribution in [0.4, 0.5) is 10.2 Å². The van der Waals surface area contributed by atoms with Gasteiger partial charge in [0.05, 0.1) is 17.2 Å². The van der Waals surface area contributed by atoms with Crippen molar-refractivity contribution in [2.45, 2.75) is 18.9 Å². The Morgan fingerprint density at radius 1 is 1.19 bits per heavy atom. The molecule has 2 amide bonds. The van der Waals surface area contributed by atoms with Crippen LogP contribution in [-0.4, -0.2) is 67.1 Å². The quantitative estimate of drug-likeness (QED) is 0.764. The summed E-state index contributed by atoms with van der Waals surface area (Å²) in [6, 6.07) is 7.52. The Labute approximate surface area is 185 Å². The van der Waals surface area contributed by atoms with E-state index in [0.29, 0.717) is 44.1 Å². The van der Waals surface area contributed by atoms with Crippen molar-refractivity contribution in [3.05, 3.63) is 58.5 Å². The van der Waals surface area contributed by atoms with Gasteiger partial charge in [-0.15, -0.1) is 0 Å². The third-order valence-corrected chi connectivity index (χ3v) is 5.81. The van der Waals surface area contributed by atoms with Crippen LogP contribution in [0.1, 0.15) is 33.6 Å². The van der Waals surface area contributed by atoms with Crippen LogP contribution in [-0.2, 0) is 4.74 Å². The molecule has 0 aliphatic carbocycles. The Morgan fingerprint density at radius 2 is 2.00 bits per heavy atom. The first-order chi connectivity index (χ1) is 15.0. The van der Waals surface area contributed by atoms with Crippen LogP contribution < -0.4 is 10.2 Å². The van der Waals surface area contributed by atoms with Gasteiger partial charge < -0.3 is 19.9 Å².